The number of hydrogen-bond donors (Lipinski definition) is 2. The number of nitrogens with one attached hydrogen (secondary N) is 1. The van der Waals surface area contributed by atoms with Crippen molar-refractivity contribution in [2.75, 3.05) is 0 Å². The zero-order chi connectivity index (χ0) is 13.0. The van der Waals surface area contributed by atoms with Crippen molar-refractivity contribution in [1.82, 2.24) is 5.43 Å². The lowest BCUT2D eigenvalue weighted by molar-refractivity contribution is 0.217. The average molecular weight is 287 g/mol. The van der Waals surface area contributed by atoms with Crippen LogP contribution in [0.15, 0.2) is 11.4 Å². The molecule has 0 aliphatic heterocycles. The molecule has 18 heavy (non-hydrogen) atoms. The molecule has 0 aromatic carbocycles. The van der Waals surface area contributed by atoms with Gasteiger partial charge in [-0.2, -0.15) is 0 Å². The summed E-state index contributed by atoms with van der Waals surface area (Å²) in [6.45, 7) is 2.28. The van der Waals surface area contributed by atoms with Crippen molar-refractivity contribution in [1.29, 1.82) is 0 Å². The van der Waals surface area contributed by atoms with Crippen molar-refractivity contribution in [3.05, 3.63) is 21.3 Å². The van der Waals surface area contributed by atoms with Gasteiger partial charge in [0, 0.05) is 4.88 Å². The minimum absolute atomic E-state index is 0.236. The van der Waals surface area contributed by atoms with Gasteiger partial charge in [0.15, 0.2) is 0 Å². The summed E-state index contributed by atoms with van der Waals surface area (Å²) >= 11 is 7.94. The Morgan fingerprint density at radius 1 is 1.44 bits per heavy atom. The summed E-state index contributed by atoms with van der Waals surface area (Å²) < 4.78 is 0. The van der Waals surface area contributed by atoms with Crippen molar-refractivity contribution in [3.8, 4) is 0 Å². The summed E-state index contributed by atoms with van der Waals surface area (Å²) in [6, 6.07) is 2.20. The van der Waals surface area contributed by atoms with E-state index in [0.717, 1.165) is 10.9 Å². The first-order valence-electron chi connectivity index (χ1n) is 6.95. The fourth-order valence-corrected chi connectivity index (χ4v) is 4.50. The van der Waals surface area contributed by atoms with Crippen LogP contribution in [-0.4, -0.2) is 0 Å². The number of hydrazine groups is 1. The first kappa shape index (κ1) is 14.3. The van der Waals surface area contributed by atoms with Crippen LogP contribution in [0, 0.1) is 11.8 Å². The Hall–Kier alpha value is -0.0900. The number of rotatable bonds is 5. The molecule has 3 N–H and O–H groups in total. The van der Waals surface area contributed by atoms with E-state index in [4.69, 9.17) is 17.4 Å². The third-order valence-electron chi connectivity index (χ3n) is 4.17. The van der Waals surface area contributed by atoms with Gasteiger partial charge in [-0.3, -0.25) is 11.3 Å². The fourth-order valence-electron chi connectivity index (χ4n) is 3.17. The second-order valence-corrected chi connectivity index (χ2v) is 6.70. The van der Waals surface area contributed by atoms with Crippen LogP contribution in [0.5, 0.6) is 0 Å². The molecule has 2 nitrogen and oxygen atoms in total. The van der Waals surface area contributed by atoms with Crippen LogP contribution in [0.2, 0.25) is 5.02 Å². The third-order valence-corrected chi connectivity index (χ3v) is 5.61. The Morgan fingerprint density at radius 3 is 2.67 bits per heavy atom. The molecule has 0 amide bonds. The lowest BCUT2D eigenvalue weighted by Gasteiger charge is -2.33. The largest absolute Gasteiger partial charge is 0.271 e. The summed E-state index contributed by atoms with van der Waals surface area (Å²) in [6.07, 6.45) is 7.93. The second kappa shape index (κ2) is 6.90. The second-order valence-electron chi connectivity index (χ2n) is 5.35. The molecule has 1 atom stereocenters. The molecule has 0 bridgehead atoms. The summed E-state index contributed by atoms with van der Waals surface area (Å²) in [5, 5.41) is 2.91. The molecule has 1 aliphatic rings. The van der Waals surface area contributed by atoms with E-state index in [9.17, 15) is 0 Å². The molecule has 0 saturated heterocycles. The predicted octanol–water partition coefficient (Wildman–Crippen LogP) is 4.51. The summed E-state index contributed by atoms with van der Waals surface area (Å²) in [5.41, 5.74) is 2.99. The first-order chi connectivity index (χ1) is 8.76. The van der Waals surface area contributed by atoms with Gasteiger partial charge in [-0.1, -0.05) is 44.2 Å². The van der Waals surface area contributed by atoms with E-state index in [2.05, 4.69) is 12.3 Å². The monoisotopic (exact) mass is 286 g/mol. The minimum Gasteiger partial charge on any atom is -0.271 e. The highest BCUT2D eigenvalue weighted by Crippen LogP contribution is 2.41. The molecule has 1 heterocycles. The van der Waals surface area contributed by atoms with Crippen LogP contribution in [-0.2, 0) is 0 Å². The smallest absolute Gasteiger partial charge is 0.0596 e. The Bertz CT molecular complexity index is 358. The van der Waals surface area contributed by atoms with Crippen LogP contribution in [0.25, 0.3) is 0 Å². The van der Waals surface area contributed by atoms with E-state index in [1.165, 1.54) is 43.4 Å². The fraction of sp³-hybridized carbons (Fsp3) is 0.714. The molecular formula is C14H23ClN2S. The van der Waals surface area contributed by atoms with E-state index in [0.29, 0.717) is 5.92 Å². The summed E-state index contributed by atoms with van der Waals surface area (Å²) in [5.74, 6) is 7.33. The van der Waals surface area contributed by atoms with Gasteiger partial charge in [-0.05, 0) is 36.1 Å². The van der Waals surface area contributed by atoms with Gasteiger partial charge in [0.05, 0.1) is 11.1 Å². The zero-order valence-corrected chi connectivity index (χ0v) is 12.6. The zero-order valence-electron chi connectivity index (χ0n) is 11.0. The first-order valence-corrected chi connectivity index (χ1v) is 8.21. The van der Waals surface area contributed by atoms with E-state index in [1.807, 2.05) is 11.4 Å². The third kappa shape index (κ3) is 3.27. The lowest BCUT2D eigenvalue weighted by atomic mass is 9.77. The van der Waals surface area contributed by atoms with Gasteiger partial charge in [-0.25, -0.2) is 0 Å². The molecule has 2 rings (SSSR count). The Balaban J connectivity index is 1.97. The summed E-state index contributed by atoms with van der Waals surface area (Å²) in [4.78, 5) is 1.21. The predicted molar refractivity (Wildman–Crippen MR) is 79.7 cm³/mol. The van der Waals surface area contributed by atoms with E-state index in [-0.39, 0.29) is 6.04 Å². The van der Waals surface area contributed by atoms with Gasteiger partial charge < -0.3 is 0 Å². The quantitative estimate of drug-likeness (QED) is 0.617. The standard InChI is InChI=1S/C14H23ClN2S/c1-2-3-10-4-6-11(7-5-10)13(17-16)14-12(15)8-9-18-14/h8-11,13,17H,2-7,16H2,1H3. The molecule has 1 aromatic heterocycles. The van der Waals surface area contributed by atoms with Crippen LogP contribution in [0.1, 0.15) is 56.4 Å². The Kier molecular flexibility index (Phi) is 5.49. The molecule has 1 aliphatic carbocycles. The van der Waals surface area contributed by atoms with E-state index < -0.39 is 0 Å². The highest BCUT2D eigenvalue weighted by molar-refractivity contribution is 7.10. The van der Waals surface area contributed by atoms with Crippen molar-refractivity contribution >= 4 is 22.9 Å². The normalized spacial score (nSPS) is 26.2. The van der Waals surface area contributed by atoms with Gasteiger partial charge in [-0.15, -0.1) is 11.3 Å². The average Bonchev–Trinajstić information content (AvgIpc) is 2.79. The van der Waals surface area contributed by atoms with Crippen LogP contribution >= 0.6 is 22.9 Å². The Labute approximate surface area is 119 Å². The number of nitrogens with two attached hydrogens (primary N) is 1. The van der Waals surface area contributed by atoms with Crippen molar-refractivity contribution in [2.24, 2.45) is 17.7 Å². The number of hydrogen-bond acceptors (Lipinski definition) is 3. The maximum absolute atomic E-state index is 6.23. The maximum atomic E-state index is 6.23. The van der Waals surface area contributed by atoms with Gasteiger partial charge >= 0.3 is 0 Å². The molecule has 4 heteroatoms. The van der Waals surface area contributed by atoms with Gasteiger partial charge in [0.25, 0.3) is 0 Å². The van der Waals surface area contributed by atoms with Crippen LogP contribution in [0.4, 0.5) is 0 Å². The molecule has 102 valence electrons. The molecule has 0 spiro atoms. The molecule has 1 unspecified atom stereocenters. The van der Waals surface area contributed by atoms with Crippen LogP contribution in [0.3, 0.4) is 0 Å². The molecule has 1 saturated carbocycles. The van der Waals surface area contributed by atoms with E-state index >= 15 is 0 Å². The minimum atomic E-state index is 0.236. The van der Waals surface area contributed by atoms with E-state index in [1.54, 1.807) is 11.3 Å². The highest BCUT2D eigenvalue weighted by Gasteiger charge is 2.29. The SMILES string of the molecule is CCCC1CCC(C(NN)c2sccc2Cl)CC1. The highest BCUT2D eigenvalue weighted by atomic mass is 35.5. The van der Waals surface area contributed by atoms with Crippen molar-refractivity contribution in [2.45, 2.75) is 51.5 Å². The number of thiophene rings is 1. The number of halogens is 1. The molecule has 0 radical (unpaired) electrons. The maximum Gasteiger partial charge on any atom is 0.0596 e. The lowest BCUT2D eigenvalue weighted by Crippen LogP contribution is -2.35. The van der Waals surface area contributed by atoms with Gasteiger partial charge in [0.1, 0.15) is 0 Å². The van der Waals surface area contributed by atoms with Crippen LogP contribution < -0.4 is 11.3 Å². The summed E-state index contributed by atoms with van der Waals surface area (Å²) in [7, 11) is 0. The topological polar surface area (TPSA) is 38.0 Å². The van der Waals surface area contributed by atoms with Gasteiger partial charge in [0.2, 0.25) is 0 Å². The molecule has 1 fully saturated rings. The molecular weight excluding hydrogens is 264 g/mol. The van der Waals surface area contributed by atoms with Crippen molar-refractivity contribution < 1.29 is 0 Å². The molecule has 1 aromatic rings. The Morgan fingerprint density at radius 2 is 2.17 bits per heavy atom. The van der Waals surface area contributed by atoms with Crippen molar-refractivity contribution in [3.63, 3.8) is 0 Å².